The summed E-state index contributed by atoms with van der Waals surface area (Å²) in [6.45, 7) is 14.7. The lowest BCUT2D eigenvalue weighted by atomic mass is 9.56. The molecule has 2 aliphatic heterocycles. The molecule has 1 aromatic carbocycles. The van der Waals surface area contributed by atoms with Gasteiger partial charge in [0.15, 0.2) is 0 Å². The quantitative estimate of drug-likeness (QED) is 0.249. The zero-order chi connectivity index (χ0) is 30.5. The summed E-state index contributed by atoms with van der Waals surface area (Å²) in [7, 11) is 0. The highest BCUT2D eigenvalue weighted by Gasteiger charge is 2.59. The van der Waals surface area contributed by atoms with Crippen LogP contribution in [-0.2, 0) is 20.8 Å². The van der Waals surface area contributed by atoms with E-state index in [1.165, 1.54) is 37.7 Å². The van der Waals surface area contributed by atoms with Crippen LogP contribution < -0.4 is 0 Å². The minimum absolute atomic E-state index is 0.0325. The number of fused-ring (bicyclic) bond motifs is 6. The van der Waals surface area contributed by atoms with Crippen molar-refractivity contribution in [3.05, 3.63) is 58.7 Å². The van der Waals surface area contributed by atoms with Crippen molar-refractivity contribution in [2.45, 2.75) is 116 Å². The first-order chi connectivity index (χ1) is 21.3. The van der Waals surface area contributed by atoms with E-state index < -0.39 is 0 Å². The zero-order valence-electron chi connectivity index (χ0n) is 27.8. The summed E-state index contributed by atoms with van der Waals surface area (Å²) in [6.07, 6.45) is 13.0. The molecule has 44 heavy (non-hydrogen) atoms. The lowest BCUT2D eigenvalue weighted by molar-refractivity contribution is -0.0806. The third kappa shape index (κ3) is 5.68. The Labute approximate surface area is 266 Å². The van der Waals surface area contributed by atoms with Gasteiger partial charge in [-0.1, -0.05) is 73.9 Å². The Bertz CT molecular complexity index is 1230. The minimum atomic E-state index is -0.129. The van der Waals surface area contributed by atoms with Crippen LogP contribution >= 0.6 is 0 Å². The van der Waals surface area contributed by atoms with Gasteiger partial charge < -0.3 is 19.3 Å². The highest BCUT2D eigenvalue weighted by molar-refractivity contribution is 5.34. The fourth-order valence-electron chi connectivity index (χ4n) is 11.0. The molecule has 6 aliphatic rings. The van der Waals surface area contributed by atoms with Crippen molar-refractivity contribution in [2.75, 3.05) is 32.9 Å². The number of nitrogens with zero attached hydrogens (tertiary/aromatic N) is 1. The SMILES string of the molecule is CC1=C2C[C@H]3[C@@H](CC=C4C[C@@H](O)CC[C@@]43C)[C@@H]2CC[C@@]2(C1)OC1C[C@H](C)CN(CCOCCOCc3ccccc3)[C@H]1[C@H]2C. The van der Waals surface area contributed by atoms with Gasteiger partial charge in [0.25, 0.3) is 0 Å². The molecule has 1 unspecified atom stereocenters. The van der Waals surface area contributed by atoms with E-state index in [4.69, 9.17) is 14.2 Å². The normalized spacial score (nSPS) is 42.0. The van der Waals surface area contributed by atoms with Crippen LogP contribution in [0.5, 0.6) is 0 Å². The van der Waals surface area contributed by atoms with Gasteiger partial charge in [-0.2, -0.15) is 0 Å². The molecule has 2 saturated heterocycles. The van der Waals surface area contributed by atoms with Gasteiger partial charge in [0.2, 0.25) is 0 Å². The summed E-state index contributed by atoms with van der Waals surface area (Å²) >= 11 is 0. The first-order valence-electron chi connectivity index (χ1n) is 17.9. The van der Waals surface area contributed by atoms with Gasteiger partial charge in [0.1, 0.15) is 0 Å². The van der Waals surface area contributed by atoms with E-state index in [0.29, 0.717) is 49.7 Å². The Morgan fingerprint density at radius 1 is 1.02 bits per heavy atom. The van der Waals surface area contributed by atoms with Crippen LogP contribution in [-0.4, -0.2) is 66.8 Å². The number of rotatable bonds is 8. The van der Waals surface area contributed by atoms with Gasteiger partial charge in [-0.3, -0.25) is 4.90 Å². The molecule has 7 rings (SSSR count). The molecule has 10 atom stereocenters. The van der Waals surface area contributed by atoms with Crippen molar-refractivity contribution >= 4 is 0 Å². The van der Waals surface area contributed by atoms with Gasteiger partial charge >= 0.3 is 0 Å². The van der Waals surface area contributed by atoms with E-state index in [9.17, 15) is 5.11 Å². The molecular formula is C39H57NO4. The summed E-state index contributed by atoms with van der Waals surface area (Å²) in [5.74, 6) is 3.41. The Morgan fingerprint density at radius 3 is 2.68 bits per heavy atom. The van der Waals surface area contributed by atoms with Gasteiger partial charge in [-0.05, 0) is 99.4 Å². The maximum Gasteiger partial charge on any atom is 0.0765 e. The number of hydrogen-bond acceptors (Lipinski definition) is 5. The summed E-state index contributed by atoms with van der Waals surface area (Å²) in [5.41, 5.74) is 6.47. The fourth-order valence-corrected chi connectivity index (χ4v) is 11.0. The van der Waals surface area contributed by atoms with Crippen LogP contribution in [0.1, 0.15) is 91.0 Å². The molecule has 0 amide bonds. The van der Waals surface area contributed by atoms with Crippen molar-refractivity contribution in [3.63, 3.8) is 0 Å². The third-order valence-corrected chi connectivity index (χ3v) is 13.3. The Balaban J connectivity index is 0.981. The second-order valence-electron chi connectivity index (χ2n) is 15.9. The van der Waals surface area contributed by atoms with Gasteiger partial charge in [-0.15, -0.1) is 0 Å². The molecule has 4 fully saturated rings. The molecule has 4 aliphatic carbocycles. The van der Waals surface area contributed by atoms with E-state index in [-0.39, 0.29) is 17.1 Å². The van der Waals surface area contributed by atoms with Crippen LogP contribution in [0.3, 0.4) is 0 Å². The lowest BCUT2D eigenvalue weighted by Crippen LogP contribution is -2.52. The van der Waals surface area contributed by atoms with E-state index in [2.05, 4.69) is 62.9 Å². The first-order valence-corrected chi connectivity index (χ1v) is 17.9. The molecule has 242 valence electrons. The van der Waals surface area contributed by atoms with E-state index in [0.717, 1.165) is 57.2 Å². The number of piperidine rings is 1. The van der Waals surface area contributed by atoms with E-state index >= 15 is 0 Å². The van der Waals surface area contributed by atoms with Crippen LogP contribution in [0.15, 0.2) is 53.1 Å². The average molecular weight is 604 g/mol. The van der Waals surface area contributed by atoms with Crippen molar-refractivity contribution in [1.82, 2.24) is 4.90 Å². The number of aliphatic hydroxyl groups excluding tert-OH is 1. The zero-order valence-corrected chi connectivity index (χ0v) is 27.8. The Morgan fingerprint density at radius 2 is 1.84 bits per heavy atom. The minimum Gasteiger partial charge on any atom is -0.393 e. The second-order valence-corrected chi connectivity index (χ2v) is 15.9. The molecule has 0 bridgehead atoms. The predicted octanol–water partition coefficient (Wildman–Crippen LogP) is 7.34. The average Bonchev–Trinajstić information content (AvgIpc) is 3.47. The van der Waals surface area contributed by atoms with E-state index in [1.54, 1.807) is 16.7 Å². The number of benzene rings is 1. The molecule has 2 saturated carbocycles. The Hall–Kier alpha value is -1.50. The molecule has 1 aromatic rings. The monoisotopic (exact) mass is 603 g/mol. The standard InChI is InChI=1S/C39H57NO4/c1-26-20-36-37(40(24-26)16-17-42-18-19-43-25-29-8-6-5-7-9-29)28(3)39(44-36)15-13-32-33-11-10-30-21-31(41)12-14-38(30,4)35(33)22-34(32)27(2)23-39/h5-10,26,28,31-33,35-37,41H,11-25H2,1-4H3/t26-,28+,31-,32-,33-,35-,36?,37-,38-,39-/m0/s1. The molecule has 1 spiro atoms. The lowest BCUT2D eigenvalue weighted by Gasteiger charge is -2.49. The van der Waals surface area contributed by atoms with Gasteiger partial charge in [0.05, 0.1) is 44.2 Å². The predicted molar refractivity (Wildman–Crippen MR) is 175 cm³/mol. The molecule has 0 aromatic heterocycles. The van der Waals surface area contributed by atoms with Crippen LogP contribution in [0, 0.1) is 35.0 Å². The van der Waals surface area contributed by atoms with Crippen LogP contribution in [0.4, 0.5) is 0 Å². The number of likely N-dealkylation sites (tertiary alicyclic amines) is 1. The van der Waals surface area contributed by atoms with Crippen molar-refractivity contribution in [1.29, 1.82) is 0 Å². The maximum absolute atomic E-state index is 10.4. The van der Waals surface area contributed by atoms with Gasteiger partial charge in [-0.25, -0.2) is 0 Å². The molecule has 5 nitrogen and oxygen atoms in total. The third-order valence-electron chi connectivity index (χ3n) is 13.3. The number of aliphatic hydroxyl groups is 1. The van der Waals surface area contributed by atoms with Crippen molar-refractivity contribution in [3.8, 4) is 0 Å². The van der Waals surface area contributed by atoms with Crippen molar-refractivity contribution in [2.24, 2.45) is 35.0 Å². The molecule has 1 N–H and O–H groups in total. The number of ether oxygens (including phenoxy) is 3. The highest BCUT2D eigenvalue weighted by atomic mass is 16.5. The van der Waals surface area contributed by atoms with Crippen LogP contribution in [0.2, 0.25) is 0 Å². The van der Waals surface area contributed by atoms with Gasteiger partial charge in [0, 0.05) is 25.0 Å². The highest BCUT2D eigenvalue weighted by Crippen LogP contribution is 2.63. The first kappa shape index (κ1) is 31.1. The van der Waals surface area contributed by atoms with Crippen LogP contribution in [0.25, 0.3) is 0 Å². The summed E-state index contributed by atoms with van der Waals surface area (Å²) < 4.78 is 19.2. The maximum atomic E-state index is 10.4. The van der Waals surface area contributed by atoms with Crippen molar-refractivity contribution < 1.29 is 19.3 Å². The smallest absolute Gasteiger partial charge is 0.0765 e. The summed E-state index contributed by atoms with van der Waals surface area (Å²) in [5, 5.41) is 10.4. The molecule has 5 heteroatoms. The number of hydrogen-bond donors (Lipinski definition) is 1. The molecule has 2 heterocycles. The molecule has 0 radical (unpaired) electrons. The second kappa shape index (κ2) is 12.6. The van der Waals surface area contributed by atoms with E-state index in [1.807, 2.05) is 6.07 Å². The summed E-state index contributed by atoms with van der Waals surface area (Å²) in [4.78, 5) is 2.72. The molecular weight excluding hydrogens is 546 g/mol. The largest absolute Gasteiger partial charge is 0.393 e. The fraction of sp³-hybridized carbons (Fsp3) is 0.744. The topological polar surface area (TPSA) is 51.2 Å². The Kier molecular flexibility index (Phi) is 8.91. The number of allylic oxidation sites excluding steroid dienone is 2. The summed E-state index contributed by atoms with van der Waals surface area (Å²) in [6, 6.07) is 10.9.